The van der Waals surface area contributed by atoms with E-state index in [1.807, 2.05) is 25.1 Å². The minimum atomic E-state index is -0.0453. The Hall–Kier alpha value is -0.790. The van der Waals surface area contributed by atoms with E-state index in [0.717, 1.165) is 19.8 Å². The van der Waals surface area contributed by atoms with Crippen molar-refractivity contribution in [2.75, 3.05) is 11.1 Å². The Bertz CT molecular complexity index is 619. The van der Waals surface area contributed by atoms with Crippen LogP contribution in [0.2, 0.25) is 5.02 Å². The summed E-state index contributed by atoms with van der Waals surface area (Å²) < 4.78 is 1.15. The van der Waals surface area contributed by atoms with Crippen LogP contribution in [0.1, 0.15) is 5.56 Å². The summed E-state index contributed by atoms with van der Waals surface area (Å²) in [5.41, 5.74) is 1.90. The van der Waals surface area contributed by atoms with E-state index in [-0.39, 0.29) is 5.91 Å². The number of thioether (sulfide) groups is 1. The number of hydrogen-bond acceptors (Lipinski definition) is 3. The maximum absolute atomic E-state index is 11.9. The number of rotatable bonds is 4. The van der Waals surface area contributed by atoms with E-state index < -0.39 is 0 Å². The molecular weight excluding hydrogens is 407 g/mol. The van der Waals surface area contributed by atoms with Gasteiger partial charge in [0, 0.05) is 15.5 Å². The van der Waals surface area contributed by atoms with Gasteiger partial charge in [0.25, 0.3) is 0 Å². The van der Waals surface area contributed by atoms with Gasteiger partial charge in [-0.3, -0.25) is 4.79 Å². The van der Waals surface area contributed by atoms with Crippen LogP contribution in [0.4, 0.5) is 5.69 Å². The van der Waals surface area contributed by atoms with Crippen molar-refractivity contribution in [2.24, 2.45) is 0 Å². The first-order valence-corrected chi connectivity index (χ1v) is 8.29. The molecule has 0 aliphatic carbocycles. The average Bonchev–Trinajstić information content (AvgIpc) is 2.41. The molecule has 0 bridgehead atoms. The van der Waals surface area contributed by atoms with Crippen LogP contribution in [0.15, 0.2) is 41.6 Å². The van der Waals surface area contributed by atoms with Gasteiger partial charge in [-0.25, -0.2) is 4.98 Å². The Morgan fingerprint density at radius 1 is 1.40 bits per heavy atom. The van der Waals surface area contributed by atoms with Crippen molar-refractivity contribution >= 4 is 57.5 Å². The van der Waals surface area contributed by atoms with Crippen molar-refractivity contribution in [3.8, 4) is 0 Å². The second kappa shape index (κ2) is 7.28. The van der Waals surface area contributed by atoms with Crippen molar-refractivity contribution in [1.29, 1.82) is 0 Å². The normalized spacial score (nSPS) is 10.3. The zero-order chi connectivity index (χ0) is 14.5. The second-order valence-corrected chi connectivity index (χ2v) is 6.79. The van der Waals surface area contributed by atoms with E-state index in [9.17, 15) is 4.79 Å². The number of aromatic nitrogens is 1. The second-order valence-electron chi connectivity index (χ2n) is 4.11. The number of carbonyl (C=O) groups is 1. The number of halogens is 2. The Kier molecular flexibility index (Phi) is 5.68. The highest BCUT2D eigenvalue weighted by Crippen LogP contribution is 2.20. The summed E-state index contributed by atoms with van der Waals surface area (Å²) in [6.45, 7) is 1.98. The molecule has 20 heavy (non-hydrogen) atoms. The number of amides is 1. The largest absolute Gasteiger partial charge is 0.325 e. The van der Waals surface area contributed by atoms with E-state index in [0.29, 0.717) is 10.8 Å². The molecule has 0 aliphatic heterocycles. The molecule has 1 aromatic carbocycles. The molecule has 1 aromatic heterocycles. The van der Waals surface area contributed by atoms with Gasteiger partial charge in [0.05, 0.1) is 15.8 Å². The molecule has 6 heteroatoms. The first-order chi connectivity index (χ1) is 9.54. The SMILES string of the molecule is Cc1cc(I)ccc1NC(=O)CSc1ccc(Cl)cn1. The number of benzene rings is 1. The minimum absolute atomic E-state index is 0.0453. The van der Waals surface area contributed by atoms with Gasteiger partial charge in [0.2, 0.25) is 5.91 Å². The molecule has 0 atom stereocenters. The molecule has 104 valence electrons. The molecular formula is C14H12ClIN2OS. The molecule has 0 saturated heterocycles. The monoisotopic (exact) mass is 418 g/mol. The lowest BCUT2D eigenvalue weighted by Gasteiger charge is -2.08. The van der Waals surface area contributed by atoms with Crippen LogP contribution in [-0.4, -0.2) is 16.6 Å². The third-order valence-corrected chi connectivity index (χ3v) is 4.35. The van der Waals surface area contributed by atoms with E-state index in [1.165, 1.54) is 11.8 Å². The lowest BCUT2D eigenvalue weighted by Crippen LogP contribution is -2.14. The Balaban J connectivity index is 1.90. The maximum Gasteiger partial charge on any atom is 0.234 e. The van der Waals surface area contributed by atoms with Gasteiger partial charge >= 0.3 is 0 Å². The van der Waals surface area contributed by atoms with E-state index in [1.54, 1.807) is 18.3 Å². The summed E-state index contributed by atoms with van der Waals surface area (Å²) in [4.78, 5) is 16.0. The smallest absolute Gasteiger partial charge is 0.234 e. The van der Waals surface area contributed by atoms with E-state index in [4.69, 9.17) is 11.6 Å². The van der Waals surface area contributed by atoms with Crippen molar-refractivity contribution in [1.82, 2.24) is 4.98 Å². The summed E-state index contributed by atoms with van der Waals surface area (Å²) in [6.07, 6.45) is 1.57. The lowest BCUT2D eigenvalue weighted by atomic mass is 10.2. The number of carbonyl (C=O) groups excluding carboxylic acids is 1. The molecule has 0 fully saturated rings. The molecule has 0 unspecified atom stereocenters. The number of hydrogen-bond donors (Lipinski definition) is 1. The van der Waals surface area contributed by atoms with Crippen LogP contribution < -0.4 is 5.32 Å². The third-order valence-electron chi connectivity index (χ3n) is 2.51. The van der Waals surface area contributed by atoms with E-state index >= 15 is 0 Å². The van der Waals surface area contributed by atoms with Crippen molar-refractivity contribution in [2.45, 2.75) is 11.9 Å². The predicted molar refractivity (Wildman–Crippen MR) is 92.5 cm³/mol. The van der Waals surface area contributed by atoms with Crippen LogP contribution in [0.5, 0.6) is 0 Å². The molecule has 3 nitrogen and oxygen atoms in total. The molecule has 1 amide bonds. The van der Waals surface area contributed by atoms with Gasteiger partial charge in [-0.1, -0.05) is 23.4 Å². The zero-order valence-electron chi connectivity index (χ0n) is 10.7. The minimum Gasteiger partial charge on any atom is -0.325 e. The van der Waals surface area contributed by atoms with Crippen LogP contribution in [-0.2, 0) is 4.79 Å². The summed E-state index contributed by atoms with van der Waals surface area (Å²) in [5, 5.41) is 4.27. The highest BCUT2D eigenvalue weighted by atomic mass is 127. The average molecular weight is 419 g/mol. The molecule has 0 spiro atoms. The maximum atomic E-state index is 11.9. The van der Waals surface area contributed by atoms with Crippen molar-refractivity contribution in [3.63, 3.8) is 0 Å². The van der Waals surface area contributed by atoms with Crippen molar-refractivity contribution < 1.29 is 4.79 Å². The highest BCUT2D eigenvalue weighted by molar-refractivity contribution is 14.1. The van der Waals surface area contributed by atoms with Crippen LogP contribution >= 0.6 is 46.0 Å². The van der Waals surface area contributed by atoms with Gasteiger partial charge in [-0.05, 0) is 65.4 Å². The standard InChI is InChI=1S/C14H12ClIN2OS/c1-9-6-11(16)3-4-12(9)18-13(19)8-20-14-5-2-10(15)7-17-14/h2-7H,8H2,1H3,(H,18,19). The van der Waals surface area contributed by atoms with E-state index in [2.05, 4.69) is 32.9 Å². The number of nitrogens with zero attached hydrogens (tertiary/aromatic N) is 1. The Labute approximate surface area is 140 Å². The summed E-state index contributed by atoms with van der Waals surface area (Å²) in [7, 11) is 0. The number of anilines is 1. The molecule has 2 aromatic rings. The molecule has 1 heterocycles. The van der Waals surface area contributed by atoms with Crippen LogP contribution in [0.3, 0.4) is 0 Å². The van der Waals surface area contributed by atoms with Gasteiger partial charge < -0.3 is 5.32 Å². The van der Waals surface area contributed by atoms with Gasteiger partial charge in [-0.2, -0.15) is 0 Å². The number of aryl methyl sites for hydroxylation is 1. The predicted octanol–water partition coefficient (Wildman–Crippen LogP) is 4.38. The third kappa shape index (κ3) is 4.64. The quantitative estimate of drug-likeness (QED) is 0.592. The first-order valence-electron chi connectivity index (χ1n) is 5.85. The van der Waals surface area contributed by atoms with Gasteiger partial charge in [0.15, 0.2) is 0 Å². The van der Waals surface area contributed by atoms with Crippen LogP contribution in [0, 0.1) is 10.5 Å². The molecule has 0 aliphatic rings. The lowest BCUT2D eigenvalue weighted by molar-refractivity contribution is -0.113. The summed E-state index contributed by atoms with van der Waals surface area (Å²) in [5.74, 6) is 0.274. The first kappa shape index (κ1) is 15.6. The fourth-order valence-electron chi connectivity index (χ4n) is 1.54. The zero-order valence-corrected chi connectivity index (χ0v) is 14.4. The molecule has 2 rings (SSSR count). The summed E-state index contributed by atoms with van der Waals surface area (Å²) in [6, 6.07) is 9.48. The molecule has 1 N–H and O–H groups in total. The van der Waals surface area contributed by atoms with Gasteiger partial charge in [-0.15, -0.1) is 0 Å². The summed E-state index contributed by atoms with van der Waals surface area (Å²) >= 11 is 9.39. The number of nitrogens with one attached hydrogen (secondary N) is 1. The highest BCUT2D eigenvalue weighted by Gasteiger charge is 2.06. The molecule has 0 saturated carbocycles. The fraction of sp³-hybridized carbons (Fsp3) is 0.143. The van der Waals surface area contributed by atoms with Crippen molar-refractivity contribution in [3.05, 3.63) is 50.7 Å². The van der Waals surface area contributed by atoms with Gasteiger partial charge in [0.1, 0.15) is 0 Å². The number of pyridine rings is 1. The Morgan fingerprint density at radius 3 is 2.85 bits per heavy atom. The Morgan fingerprint density at radius 2 is 2.20 bits per heavy atom. The van der Waals surface area contributed by atoms with Crippen LogP contribution in [0.25, 0.3) is 0 Å². The fourth-order valence-corrected chi connectivity index (χ4v) is 2.94. The topological polar surface area (TPSA) is 42.0 Å². The molecule has 0 radical (unpaired) electrons.